The summed E-state index contributed by atoms with van der Waals surface area (Å²) in [5.41, 5.74) is 9.10. The number of rotatable bonds is 7. The van der Waals surface area contributed by atoms with E-state index in [1.165, 1.54) is 4.90 Å². The third-order valence-electron chi connectivity index (χ3n) is 8.57. The fourth-order valence-corrected chi connectivity index (χ4v) is 6.20. The van der Waals surface area contributed by atoms with E-state index in [0.29, 0.717) is 38.3 Å². The first-order valence-electron chi connectivity index (χ1n) is 14.4. The second-order valence-corrected chi connectivity index (χ2v) is 11.5. The zero-order valence-electron chi connectivity index (χ0n) is 24.0. The van der Waals surface area contributed by atoms with E-state index in [2.05, 4.69) is 52.6 Å². The van der Waals surface area contributed by atoms with Gasteiger partial charge in [0.05, 0.1) is 11.2 Å². The quantitative estimate of drug-likeness (QED) is 0.489. The minimum absolute atomic E-state index is 0.137. The number of nitrogens with one attached hydrogen (secondary N) is 2. The van der Waals surface area contributed by atoms with Crippen molar-refractivity contribution < 1.29 is 14.4 Å². The Bertz CT molecular complexity index is 1100. The molecule has 1 saturated heterocycles. The molecule has 0 radical (unpaired) electrons. The van der Waals surface area contributed by atoms with Gasteiger partial charge in [-0.05, 0) is 69.7 Å². The molecule has 2 fully saturated rings. The lowest BCUT2D eigenvalue weighted by Crippen LogP contribution is -2.55. The van der Waals surface area contributed by atoms with Crippen LogP contribution in [0.4, 0.5) is 15.3 Å². The molecule has 0 spiro atoms. The Kier molecular flexibility index (Phi) is 9.15. The van der Waals surface area contributed by atoms with Crippen LogP contribution in [-0.2, 0) is 10.3 Å². The van der Waals surface area contributed by atoms with Crippen molar-refractivity contribution in [3.63, 3.8) is 0 Å². The van der Waals surface area contributed by atoms with Crippen molar-refractivity contribution in [3.05, 3.63) is 29.3 Å². The molecule has 2 heterocycles. The Morgan fingerprint density at radius 2 is 1.85 bits per heavy atom. The Morgan fingerprint density at radius 3 is 2.56 bits per heavy atom. The van der Waals surface area contributed by atoms with Gasteiger partial charge < -0.3 is 21.3 Å². The van der Waals surface area contributed by atoms with Gasteiger partial charge in [-0.3, -0.25) is 14.6 Å². The molecule has 3 aliphatic rings. The molecule has 10 heteroatoms. The number of likely N-dealkylation sites (N-methyl/N-ethyl adjacent to an activating group) is 2. The number of aliphatic imine (C=N–C) groups is 1. The number of fused-ring (bicyclic) bond motifs is 1. The van der Waals surface area contributed by atoms with E-state index < -0.39 is 6.04 Å². The van der Waals surface area contributed by atoms with Gasteiger partial charge in [-0.1, -0.05) is 31.9 Å². The van der Waals surface area contributed by atoms with Crippen LogP contribution in [0.1, 0.15) is 76.3 Å². The van der Waals surface area contributed by atoms with Gasteiger partial charge >= 0.3 is 12.1 Å². The van der Waals surface area contributed by atoms with Crippen LogP contribution in [0.25, 0.3) is 0 Å². The Balaban J connectivity index is 1.36. The molecule has 2 aliphatic heterocycles. The van der Waals surface area contributed by atoms with Crippen molar-refractivity contribution in [1.82, 2.24) is 25.3 Å². The molecular formula is C29H45N7O3. The molecule has 4 rings (SSSR count). The van der Waals surface area contributed by atoms with Crippen LogP contribution in [0.2, 0.25) is 0 Å². The number of nitrogens with zero attached hydrogens (tertiary/aromatic N) is 4. The maximum Gasteiger partial charge on any atom is 0.324 e. The summed E-state index contributed by atoms with van der Waals surface area (Å²) in [4.78, 5) is 49.1. The summed E-state index contributed by atoms with van der Waals surface area (Å²) in [5.74, 6) is 0.282. The zero-order chi connectivity index (χ0) is 28.2. The van der Waals surface area contributed by atoms with Crippen molar-refractivity contribution in [3.8, 4) is 0 Å². The minimum atomic E-state index is -0.707. The largest absolute Gasteiger partial charge is 0.387 e. The summed E-state index contributed by atoms with van der Waals surface area (Å²) < 4.78 is 0. The van der Waals surface area contributed by atoms with E-state index >= 15 is 0 Å². The van der Waals surface area contributed by atoms with Crippen LogP contribution in [0, 0.1) is 6.92 Å². The lowest BCUT2D eigenvalue weighted by atomic mass is 9.82. The number of hydrogen-bond donors (Lipinski definition) is 3. The molecule has 0 aromatic heterocycles. The van der Waals surface area contributed by atoms with Gasteiger partial charge in [-0.25, -0.2) is 14.6 Å². The normalized spacial score (nSPS) is 23.7. The van der Waals surface area contributed by atoms with Crippen molar-refractivity contribution in [2.45, 2.75) is 89.8 Å². The molecule has 2 unspecified atom stereocenters. The minimum Gasteiger partial charge on any atom is -0.387 e. The molecule has 5 amide bonds. The first kappa shape index (κ1) is 28.9. The molecule has 0 bridgehead atoms. The highest BCUT2D eigenvalue weighted by Crippen LogP contribution is 2.41. The van der Waals surface area contributed by atoms with Gasteiger partial charge in [0.1, 0.15) is 11.9 Å². The van der Waals surface area contributed by atoms with E-state index in [9.17, 15) is 14.4 Å². The van der Waals surface area contributed by atoms with Crippen molar-refractivity contribution in [2.24, 2.45) is 10.7 Å². The predicted octanol–water partition coefficient (Wildman–Crippen LogP) is 3.60. The molecule has 214 valence electrons. The van der Waals surface area contributed by atoms with Crippen LogP contribution >= 0.6 is 0 Å². The number of amidine groups is 1. The first-order chi connectivity index (χ1) is 18.6. The summed E-state index contributed by atoms with van der Waals surface area (Å²) >= 11 is 0. The monoisotopic (exact) mass is 539 g/mol. The van der Waals surface area contributed by atoms with Crippen LogP contribution in [0.15, 0.2) is 23.2 Å². The summed E-state index contributed by atoms with van der Waals surface area (Å²) in [6, 6.07) is 5.08. The van der Waals surface area contributed by atoms with E-state index in [1.54, 1.807) is 11.9 Å². The second-order valence-electron chi connectivity index (χ2n) is 11.5. The number of carbonyl (C=O) groups is 3. The van der Waals surface area contributed by atoms with Crippen LogP contribution in [-0.4, -0.2) is 83.8 Å². The average molecular weight is 540 g/mol. The number of amides is 5. The highest BCUT2D eigenvalue weighted by atomic mass is 16.2. The van der Waals surface area contributed by atoms with Gasteiger partial charge in [0.25, 0.3) is 5.91 Å². The van der Waals surface area contributed by atoms with Crippen LogP contribution in [0.3, 0.4) is 0 Å². The fourth-order valence-electron chi connectivity index (χ4n) is 6.20. The van der Waals surface area contributed by atoms with Gasteiger partial charge in [-0.15, -0.1) is 0 Å². The van der Waals surface area contributed by atoms with E-state index in [4.69, 9.17) is 5.73 Å². The SMILES string of the molecule is CCN(CCN(C)C(=O)NC1CCCCN(C(=O)NC2CCCC2)C1=O)C1(C)CC(N)=Nc2cc(C)ccc21. The number of benzene rings is 1. The molecule has 10 nitrogen and oxygen atoms in total. The number of aryl methyl sites for hydroxylation is 1. The molecule has 1 aromatic rings. The van der Waals surface area contributed by atoms with Crippen LogP contribution in [0.5, 0.6) is 0 Å². The van der Waals surface area contributed by atoms with Gasteiger partial charge in [0.2, 0.25) is 0 Å². The van der Waals surface area contributed by atoms with Gasteiger partial charge in [0.15, 0.2) is 0 Å². The third kappa shape index (κ3) is 6.54. The van der Waals surface area contributed by atoms with E-state index in [1.807, 2.05) is 6.92 Å². The molecule has 39 heavy (non-hydrogen) atoms. The van der Waals surface area contributed by atoms with Crippen molar-refractivity contribution >= 4 is 29.5 Å². The lowest BCUT2D eigenvalue weighted by Gasteiger charge is -2.44. The Morgan fingerprint density at radius 1 is 1.13 bits per heavy atom. The molecule has 2 atom stereocenters. The first-order valence-corrected chi connectivity index (χ1v) is 14.4. The fraction of sp³-hybridized carbons (Fsp3) is 0.655. The van der Waals surface area contributed by atoms with Crippen LogP contribution < -0.4 is 16.4 Å². The second kappa shape index (κ2) is 12.4. The summed E-state index contributed by atoms with van der Waals surface area (Å²) in [7, 11) is 1.74. The van der Waals surface area contributed by atoms with Crippen molar-refractivity contribution in [1.29, 1.82) is 0 Å². The van der Waals surface area contributed by atoms with E-state index in [0.717, 1.165) is 61.9 Å². The standard InChI is InChI=1S/C29H45N7O3/c1-5-35(29(3)19-25(30)32-24-18-20(2)13-14-22(24)29)17-16-34(4)27(38)33-23-12-8-9-15-36(26(23)37)28(39)31-21-10-6-7-11-21/h13-14,18,21,23H,5-12,15-17,19H2,1-4H3,(H2,30,32)(H,31,39)(H,33,38). The van der Waals surface area contributed by atoms with Crippen molar-refractivity contribution in [2.75, 3.05) is 33.2 Å². The number of likely N-dealkylation sites (tertiary alicyclic amines) is 1. The highest BCUT2D eigenvalue weighted by Gasteiger charge is 2.39. The molecule has 1 saturated carbocycles. The highest BCUT2D eigenvalue weighted by molar-refractivity contribution is 5.98. The third-order valence-corrected chi connectivity index (χ3v) is 8.57. The number of carbonyl (C=O) groups excluding carboxylic acids is 3. The summed E-state index contributed by atoms with van der Waals surface area (Å²) in [5, 5.41) is 5.92. The zero-order valence-corrected chi connectivity index (χ0v) is 24.0. The maximum absolute atomic E-state index is 13.3. The van der Waals surface area contributed by atoms with E-state index in [-0.39, 0.29) is 29.6 Å². The number of nitrogens with two attached hydrogens (primary N) is 1. The topological polar surface area (TPSA) is 123 Å². The Hall–Kier alpha value is -3.14. The Labute approximate surface area is 232 Å². The maximum atomic E-state index is 13.3. The summed E-state index contributed by atoms with van der Waals surface area (Å²) in [6.07, 6.45) is 6.77. The summed E-state index contributed by atoms with van der Waals surface area (Å²) in [6.45, 7) is 8.60. The molecule has 1 aliphatic carbocycles. The molecular weight excluding hydrogens is 494 g/mol. The number of hydrogen-bond acceptors (Lipinski definition) is 6. The van der Waals surface area contributed by atoms with Gasteiger partial charge in [-0.2, -0.15) is 0 Å². The van der Waals surface area contributed by atoms with Gasteiger partial charge in [0, 0.05) is 39.1 Å². The predicted molar refractivity (Wildman–Crippen MR) is 153 cm³/mol. The number of urea groups is 2. The average Bonchev–Trinajstić information content (AvgIpc) is 3.33. The molecule has 4 N–H and O–H groups in total. The molecule has 1 aromatic carbocycles. The number of imide groups is 1. The lowest BCUT2D eigenvalue weighted by molar-refractivity contribution is -0.129. The smallest absolute Gasteiger partial charge is 0.324 e.